The van der Waals surface area contributed by atoms with Gasteiger partial charge in [0.2, 0.25) is 0 Å². The number of hydrazone groups is 1. The summed E-state index contributed by atoms with van der Waals surface area (Å²) in [5.74, 6) is -0.722. The highest BCUT2D eigenvalue weighted by Gasteiger charge is 2.17. The molecular weight excluding hydrogens is 459 g/mol. The van der Waals surface area contributed by atoms with E-state index in [9.17, 15) is 9.18 Å². The summed E-state index contributed by atoms with van der Waals surface area (Å²) in [4.78, 5) is 13.1. The minimum Gasteiger partial charge on any atom is -0.266 e. The smallest absolute Gasteiger partial charge is 0.266 e. The molecule has 5 aromatic rings. The Morgan fingerprint density at radius 1 is 1.03 bits per heavy atom. The first-order valence-corrected chi connectivity index (χ1v) is 11.2. The molecule has 0 bridgehead atoms. The average Bonchev–Trinajstić information content (AvgIpc) is 3.42. The highest BCUT2D eigenvalue weighted by Crippen LogP contribution is 2.35. The molecule has 2 aromatic heterocycles. The van der Waals surface area contributed by atoms with E-state index in [1.807, 2.05) is 54.6 Å². The molecule has 2 heterocycles. The van der Waals surface area contributed by atoms with Crippen molar-refractivity contribution in [2.75, 3.05) is 0 Å². The van der Waals surface area contributed by atoms with Crippen LogP contribution in [0.3, 0.4) is 0 Å². The normalized spacial score (nSPS) is 11.3. The van der Waals surface area contributed by atoms with Gasteiger partial charge in [-0.2, -0.15) is 10.2 Å². The number of rotatable bonds is 5. The number of amides is 1. The molecule has 8 heteroatoms. The Hall–Kier alpha value is -3.81. The average molecular weight is 475 g/mol. The van der Waals surface area contributed by atoms with E-state index in [4.69, 9.17) is 11.6 Å². The quantitative estimate of drug-likeness (QED) is 0.239. The van der Waals surface area contributed by atoms with Crippen LogP contribution in [0.4, 0.5) is 4.39 Å². The lowest BCUT2D eigenvalue weighted by Crippen LogP contribution is -2.16. The standard InChI is InChI=1S/C25H16ClFN4OS/c26-22-20-8-4-5-9-21(20)33-24(22)25(32)29-28-14-17-15-31(19-6-2-1-3-7-19)30-23(17)16-10-12-18(27)13-11-16/h1-15H,(H,29,32)/b28-14+. The Kier molecular flexibility index (Phi) is 5.73. The number of halogens is 2. The van der Waals surface area contributed by atoms with Gasteiger partial charge in [-0.25, -0.2) is 14.5 Å². The minimum absolute atomic E-state index is 0.330. The molecule has 1 N–H and O–H groups in total. The number of thiophene rings is 1. The van der Waals surface area contributed by atoms with Gasteiger partial charge in [0.15, 0.2) is 0 Å². The molecule has 0 fully saturated rings. The number of hydrogen-bond acceptors (Lipinski definition) is 4. The van der Waals surface area contributed by atoms with E-state index < -0.39 is 5.91 Å². The van der Waals surface area contributed by atoms with Gasteiger partial charge in [0.05, 0.1) is 16.9 Å². The fourth-order valence-electron chi connectivity index (χ4n) is 3.40. The highest BCUT2D eigenvalue weighted by molar-refractivity contribution is 7.21. The van der Waals surface area contributed by atoms with E-state index in [0.29, 0.717) is 21.2 Å². The fraction of sp³-hybridized carbons (Fsp3) is 0. The molecule has 0 aliphatic carbocycles. The summed E-state index contributed by atoms with van der Waals surface area (Å²) in [6, 6.07) is 23.2. The number of nitrogens with zero attached hydrogens (tertiary/aromatic N) is 3. The van der Waals surface area contributed by atoms with Crippen molar-refractivity contribution < 1.29 is 9.18 Å². The van der Waals surface area contributed by atoms with Gasteiger partial charge >= 0.3 is 0 Å². The van der Waals surface area contributed by atoms with Crippen molar-refractivity contribution in [3.8, 4) is 16.9 Å². The van der Waals surface area contributed by atoms with Crippen LogP contribution in [0.1, 0.15) is 15.2 Å². The van der Waals surface area contributed by atoms with Crippen LogP contribution in [-0.4, -0.2) is 21.9 Å². The maximum Gasteiger partial charge on any atom is 0.283 e. The van der Waals surface area contributed by atoms with Gasteiger partial charge in [-0.1, -0.05) is 48.0 Å². The van der Waals surface area contributed by atoms with Gasteiger partial charge < -0.3 is 0 Å². The van der Waals surface area contributed by atoms with Gasteiger partial charge in [0, 0.05) is 27.4 Å². The molecule has 0 aliphatic rings. The lowest BCUT2D eigenvalue weighted by molar-refractivity contribution is 0.0959. The Morgan fingerprint density at radius 2 is 1.76 bits per heavy atom. The van der Waals surface area contributed by atoms with Crippen molar-refractivity contribution in [3.63, 3.8) is 0 Å². The van der Waals surface area contributed by atoms with Crippen LogP contribution in [0.25, 0.3) is 27.0 Å². The van der Waals surface area contributed by atoms with Crippen molar-refractivity contribution in [2.45, 2.75) is 0 Å². The van der Waals surface area contributed by atoms with E-state index in [-0.39, 0.29) is 5.82 Å². The number of benzene rings is 3. The lowest BCUT2D eigenvalue weighted by Gasteiger charge is -2.00. The zero-order chi connectivity index (χ0) is 22.8. The van der Waals surface area contributed by atoms with E-state index in [0.717, 1.165) is 21.3 Å². The topological polar surface area (TPSA) is 59.3 Å². The van der Waals surface area contributed by atoms with Crippen LogP contribution in [0, 0.1) is 5.82 Å². The Balaban J connectivity index is 1.45. The largest absolute Gasteiger partial charge is 0.283 e. The molecule has 0 aliphatic heterocycles. The first-order valence-electron chi connectivity index (χ1n) is 10.0. The minimum atomic E-state index is -0.392. The third kappa shape index (κ3) is 4.28. The van der Waals surface area contributed by atoms with Crippen LogP contribution in [0.2, 0.25) is 5.02 Å². The molecule has 0 saturated heterocycles. The SMILES string of the molecule is O=C(N/N=C/c1cn(-c2ccccc2)nc1-c1ccc(F)cc1)c1sc2ccccc2c1Cl. The number of hydrogen-bond donors (Lipinski definition) is 1. The zero-order valence-electron chi connectivity index (χ0n) is 17.1. The number of para-hydroxylation sites is 1. The first-order chi connectivity index (χ1) is 16.1. The summed E-state index contributed by atoms with van der Waals surface area (Å²) in [6.45, 7) is 0. The molecule has 0 saturated carbocycles. The number of carbonyl (C=O) groups excluding carboxylic acids is 1. The van der Waals surface area contributed by atoms with Gasteiger partial charge in [-0.05, 0) is 42.5 Å². The molecule has 3 aromatic carbocycles. The van der Waals surface area contributed by atoms with Crippen molar-refractivity contribution in [1.29, 1.82) is 0 Å². The third-order valence-electron chi connectivity index (χ3n) is 4.99. The second kappa shape index (κ2) is 8.97. The summed E-state index contributed by atoms with van der Waals surface area (Å²) < 4.78 is 16.1. The highest BCUT2D eigenvalue weighted by atomic mass is 35.5. The maximum atomic E-state index is 13.4. The third-order valence-corrected chi connectivity index (χ3v) is 6.67. The maximum absolute atomic E-state index is 13.4. The van der Waals surface area contributed by atoms with E-state index >= 15 is 0 Å². The Morgan fingerprint density at radius 3 is 2.52 bits per heavy atom. The second-order valence-corrected chi connectivity index (χ2v) is 8.59. The van der Waals surface area contributed by atoms with Crippen molar-refractivity contribution in [2.24, 2.45) is 5.10 Å². The summed E-state index contributed by atoms with van der Waals surface area (Å²) in [6.07, 6.45) is 3.32. The van der Waals surface area contributed by atoms with Crippen LogP contribution in [-0.2, 0) is 0 Å². The van der Waals surface area contributed by atoms with E-state index in [2.05, 4.69) is 15.6 Å². The molecule has 33 heavy (non-hydrogen) atoms. The summed E-state index contributed by atoms with van der Waals surface area (Å²) in [5.41, 5.74) is 5.40. The predicted molar refractivity (Wildman–Crippen MR) is 131 cm³/mol. The van der Waals surface area contributed by atoms with Crippen molar-refractivity contribution in [1.82, 2.24) is 15.2 Å². The van der Waals surface area contributed by atoms with Crippen LogP contribution in [0.15, 0.2) is 90.2 Å². The monoisotopic (exact) mass is 474 g/mol. The molecular formula is C25H16ClFN4OS. The molecule has 0 spiro atoms. The molecule has 0 atom stereocenters. The first kappa shape index (κ1) is 21.1. The van der Waals surface area contributed by atoms with Gasteiger partial charge in [0.1, 0.15) is 16.4 Å². The summed E-state index contributed by atoms with van der Waals surface area (Å²) in [5, 5.41) is 10.0. The van der Waals surface area contributed by atoms with Gasteiger partial charge in [-0.3, -0.25) is 4.79 Å². The molecule has 5 rings (SSSR count). The van der Waals surface area contributed by atoms with Crippen LogP contribution >= 0.6 is 22.9 Å². The van der Waals surface area contributed by atoms with Crippen LogP contribution < -0.4 is 5.43 Å². The zero-order valence-corrected chi connectivity index (χ0v) is 18.6. The summed E-state index contributed by atoms with van der Waals surface area (Å²) >= 11 is 7.70. The number of fused-ring (bicyclic) bond motifs is 1. The van der Waals surface area contributed by atoms with Gasteiger partial charge in [-0.15, -0.1) is 11.3 Å². The number of carbonyl (C=O) groups is 1. The van der Waals surface area contributed by atoms with E-state index in [1.165, 1.54) is 29.7 Å². The molecule has 5 nitrogen and oxygen atoms in total. The fourth-order valence-corrected chi connectivity index (χ4v) is 4.81. The van der Waals surface area contributed by atoms with Crippen LogP contribution in [0.5, 0.6) is 0 Å². The molecule has 1 amide bonds. The second-order valence-electron chi connectivity index (χ2n) is 7.16. The molecule has 0 unspecified atom stereocenters. The lowest BCUT2D eigenvalue weighted by atomic mass is 10.1. The Labute approximate surface area is 197 Å². The Bertz CT molecular complexity index is 1480. The number of nitrogens with one attached hydrogen (secondary N) is 1. The molecule has 162 valence electrons. The molecule has 0 radical (unpaired) electrons. The summed E-state index contributed by atoms with van der Waals surface area (Å²) in [7, 11) is 0. The number of aromatic nitrogens is 2. The predicted octanol–water partition coefficient (Wildman–Crippen LogP) is 6.31. The van der Waals surface area contributed by atoms with Crippen molar-refractivity contribution >= 4 is 45.1 Å². The van der Waals surface area contributed by atoms with E-state index in [1.54, 1.807) is 23.0 Å². The van der Waals surface area contributed by atoms with Crippen molar-refractivity contribution in [3.05, 3.63) is 106 Å². The van der Waals surface area contributed by atoms with Gasteiger partial charge in [0.25, 0.3) is 5.91 Å².